The third kappa shape index (κ3) is 4.24. The molecule has 0 radical (unpaired) electrons. The molecule has 1 aliphatic heterocycles. The first-order valence-corrected chi connectivity index (χ1v) is 6.22. The third-order valence-electron chi connectivity index (χ3n) is 3.20. The molecule has 0 aromatic carbocycles. The van der Waals surface area contributed by atoms with E-state index in [-0.39, 0.29) is 5.91 Å². The van der Waals surface area contributed by atoms with Gasteiger partial charge in [0.15, 0.2) is 0 Å². The molecule has 1 atom stereocenters. The van der Waals surface area contributed by atoms with Gasteiger partial charge in [0.25, 0.3) is 0 Å². The largest absolute Gasteiger partial charge is 0.344 e. The van der Waals surface area contributed by atoms with Crippen molar-refractivity contribution in [1.29, 1.82) is 0 Å². The Bertz CT molecular complexity index is 257. The standard InChI is InChI=1S/C13H22N2O/c1-3-9-14-13(16)11-15-10-7-5-6-8-12(15)4-2/h1,12H,4-11H2,2H3,(H,14,16). The monoisotopic (exact) mass is 222 g/mol. The fourth-order valence-corrected chi connectivity index (χ4v) is 2.30. The van der Waals surface area contributed by atoms with Crippen LogP contribution in [0.5, 0.6) is 0 Å². The summed E-state index contributed by atoms with van der Waals surface area (Å²) in [5.74, 6) is 2.48. The molecule has 1 rings (SSSR count). The number of nitrogens with zero attached hydrogens (tertiary/aromatic N) is 1. The summed E-state index contributed by atoms with van der Waals surface area (Å²) in [4.78, 5) is 13.9. The number of hydrogen-bond donors (Lipinski definition) is 1. The van der Waals surface area contributed by atoms with Gasteiger partial charge in [-0.25, -0.2) is 0 Å². The lowest BCUT2D eigenvalue weighted by atomic mass is 10.1. The molecule has 3 nitrogen and oxygen atoms in total. The molecule has 0 saturated carbocycles. The Morgan fingerprint density at radius 3 is 3.00 bits per heavy atom. The van der Waals surface area contributed by atoms with Gasteiger partial charge in [-0.05, 0) is 25.8 Å². The molecule has 1 aliphatic rings. The van der Waals surface area contributed by atoms with Crippen LogP contribution in [0.2, 0.25) is 0 Å². The van der Waals surface area contributed by atoms with Gasteiger partial charge in [0.1, 0.15) is 0 Å². The van der Waals surface area contributed by atoms with Crippen molar-refractivity contribution in [2.24, 2.45) is 0 Å². The summed E-state index contributed by atoms with van der Waals surface area (Å²) in [6.07, 6.45) is 11.2. The van der Waals surface area contributed by atoms with E-state index in [2.05, 4.69) is 23.1 Å². The van der Waals surface area contributed by atoms with E-state index >= 15 is 0 Å². The van der Waals surface area contributed by atoms with Crippen LogP contribution in [-0.4, -0.2) is 36.5 Å². The Kier molecular flexibility index (Phi) is 5.95. The zero-order valence-electron chi connectivity index (χ0n) is 10.2. The minimum atomic E-state index is 0.0540. The highest BCUT2D eigenvalue weighted by molar-refractivity contribution is 5.78. The maximum atomic E-state index is 11.6. The zero-order valence-corrected chi connectivity index (χ0v) is 10.2. The minimum Gasteiger partial charge on any atom is -0.344 e. The molecule has 16 heavy (non-hydrogen) atoms. The second-order valence-corrected chi connectivity index (χ2v) is 4.36. The van der Waals surface area contributed by atoms with Gasteiger partial charge in [0.05, 0.1) is 13.1 Å². The van der Waals surface area contributed by atoms with E-state index in [0.717, 1.165) is 13.0 Å². The lowest BCUT2D eigenvalue weighted by Crippen LogP contribution is -2.42. The molecule has 0 aromatic rings. The summed E-state index contributed by atoms with van der Waals surface area (Å²) in [5, 5.41) is 2.73. The van der Waals surface area contributed by atoms with Crippen molar-refractivity contribution in [3.05, 3.63) is 0 Å². The quantitative estimate of drug-likeness (QED) is 0.729. The predicted octanol–water partition coefficient (Wildman–Crippen LogP) is 1.39. The summed E-state index contributed by atoms with van der Waals surface area (Å²) >= 11 is 0. The van der Waals surface area contributed by atoms with Crippen LogP contribution in [0.4, 0.5) is 0 Å². The zero-order chi connectivity index (χ0) is 11.8. The highest BCUT2D eigenvalue weighted by Crippen LogP contribution is 2.18. The second kappa shape index (κ2) is 7.29. The molecule has 0 aromatic heterocycles. The van der Waals surface area contributed by atoms with E-state index in [1.807, 2.05) is 0 Å². The summed E-state index contributed by atoms with van der Waals surface area (Å²) in [5.41, 5.74) is 0. The SMILES string of the molecule is C#CCNC(=O)CN1CCCCCC1CC. The van der Waals surface area contributed by atoms with Gasteiger partial charge < -0.3 is 5.32 Å². The number of amides is 1. The van der Waals surface area contributed by atoms with E-state index in [1.165, 1.54) is 25.7 Å². The van der Waals surface area contributed by atoms with Crippen LogP contribution in [0, 0.1) is 12.3 Å². The van der Waals surface area contributed by atoms with Crippen molar-refractivity contribution in [3.8, 4) is 12.3 Å². The topological polar surface area (TPSA) is 32.3 Å². The van der Waals surface area contributed by atoms with E-state index in [9.17, 15) is 4.79 Å². The van der Waals surface area contributed by atoms with Gasteiger partial charge in [-0.1, -0.05) is 25.7 Å². The predicted molar refractivity (Wildman–Crippen MR) is 66.0 cm³/mol. The molecule has 1 unspecified atom stereocenters. The van der Waals surface area contributed by atoms with Crippen molar-refractivity contribution in [2.45, 2.75) is 45.1 Å². The van der Waals surface area contributed by atoms with Crippen molar-refractivity contribution in [1.82, 2.24) is 10.2 Å². The fourth-order valence-electron chi connectivity index (χ4n) is 2.30. The molecular formula is C13H22N2O. The Morgan fingerprint density at radius 2 is 2.31 bits per heavy atom. The fraction of sp³-hybridized carbons (Fsp3) is 0.769. The van der Waals surface area contributed by atoms with E-state index in [1.54, 1.807) is 0 Å². The van der Waals surface area contributed by atoms with Crippen LogP contribution in [0.3, 0.4) is 0 Å². The third-order valence-corrected chi connectivity index (χ3v) is 3.20. The van der Waals surface area contributed by atoms with Crippen molar-refractivity contribution >= 4 is 5.91 Å². The summed E-state index contributed by atoms with van der Waals surface area (Å²) < 4.78 is 0. The lowest BCUT2D eigenvalue weighted by Gasteiger charge is -2.28. The molecular weight excluding hydrogens is 200 g/mol. The molecule has 1 fully saturated rings. The van der Waals surface area contributed by atoms with Gasteiger partial charge >= 0.3 is 0 Å². The van der Waals surface area contributed by atoms with Gasteiger partial charge in [-0.15, -0.1) is 6.42 Å². The Balaban J connectivity index is 2.42. The molecule has 0 aliphatic carbocycles. The van der Waals surface area contributed by atoms with Crippen LogP contribution in [0.25, 0.3) is 0 Å². The Labute approximate surface area is 98.6 Å². The van der Waals surface area contributed by atoms with Crippen molar-refractivity contribution in [3.63, 3.8) is 0 Å². The Morgan fingerprint density at radius 1 is 1.50 bits per heavy atom. The van der Waals surface area contributed by atoms with Crippen LogP contribution in [0.1, 0.15) is 39.0 Å². The summed E-state index contributed by atoms with van der Waals surface area (Å²) in [6.45, 7) is 4.08. The second-order valence-electron chi connectivity index (χ2n) is 4.36. The maximum absolute atomic E-state index is 11.6. The first kappa shape index (κ1) is 13.1. The highest BCUT2D eigenvalue weighted by atomic mass is 16.2. The average Bonchev–Trinajstić information content (AvgIpc) is 2.51. The molecule has 0 bridgehead atoms. The van der Waals surface area contributed by atoms with Gasteiger partial charge in [-0.2, -0.15) is 0 Å². The van der Waals surface area contributed by atoms with Crippen LogP contribution in [0.15, 0.2) is 0 Å². The molecule has 1 amide bonds. The average molecular weight is 222 g/mol. The molecule has 1 saturated heterocycles. The molecule has 1 heterocycles. The molecule has 90 valence electrons. The van der Waals surface area contributed by atoms with Crippen LogP contribution >= 0.6 is 0 Å². The number of nitrogens with one attached hydrogen (secondary N) is 1. The minimum absolute atomic E-state index is 0.0540. The number of hydrogen-bond acceptors (Lipinski definition) is 2. The first-order chi connectivity index (χ1) is 7.77. The number of carbonyl (C=O) groups is 1. The highest BCUT2D eigenvalue weighted by Gasteiger charge is 2.21. The summed E-state index contributed by atoms with van der Waals surface area (Å²) in [7, 11) is 0. The van der Waals surface area contributed by atoms with Crippen LogP contribution in [-0.2, 0) is 4.79 Å². The number of rotatable bonds is 4. The maximum Gasteiger partial charge on any atom is 0.234 e. The van der Waals surface area contributed by atoms with Gasteiger partial charge in [0.2, 0.25) is 5.91 Å². The number of terminal acetylenes is 1. The van der Waals surface area contributed by atoms with E-state index < -0.39 is 0 Å². The van der Waals surface area contributed by atoms with Crippen molar-refractivity contribution < 1.29 is 4.79 Å². The smallest absolute Gasteiger partial charge is 0.234 e. The molecule has 0 spiro atoms. The first-order valence-electron chi connectivity index (χ1n) is 6.22. The summed E-state index contributed by atoms with van der Waals surface area (Å²) in [6, 6.07) is 0.569. The number of likely N-dealkylation sites (tertiary alicyclic amines) is 1. The van der Waals surface area contributed by atoms with E-state index in [4.69, 9.17) is 6.42 Å². The Hall–Kier alpha value is -1.01. The van der Waals surface area contributed by atoms with Gasteiger partial charge in [0, 0.05) is 6.04 Å². The molecule has 3 heteroatoms. The number of carbonyl (C=O) groups excluding carboxylic acids is 1. The lowest BCUT2D eigenvalue weighted by molar-refractivity contribution is -0.122. The van der Waals surface area contributed by atoms with Crippen molar-refractivity contribution in [2.75, 3.05) is 19.6 Å². The molecule has 1 N–H and O–H groups in total. The normalized spacial score (nSPS) is 22.1. The van der Waals surface area contributed by atoms with Gasteiger partial charge in [-0.3, -0.25) is 9.69 Å². The van der Waals surface area contributed by atoms with Crippen LogP contribution < -0.4 is 5.32 Å². The van der Waals surface area contributed by atoms with E-state index in [0.29, 0.717) is 19.1 Å².